The molecular weight excluding hydrogens is 582 g/mol. The van der Waals surface area contributed by atoms with Crippen LogP contribution in [0.25, 0.3) is 0 Å². The molecule has 1 N–H and O–H groups in total. The number of nitrogens with one attached hydrogen (secondary N) is 1. The van der Waals surface area contributed by atoms with Crippen molar-refractivity contribution in [1.82, 2.24) is 10.2 Å². The molecule has 1 atom stereocenters. The molecule has 8 nitrogen and oxygen atoms in total. The molecule has 0 aliphatic carbocycles. The molecule has 0 saturated heterocycles. The van der Waals surface area contributed by atoms with Crippen LogP contribution in [0.1, 0.15) is 33.3 Å². The quantitative estimate of drug-likeness (QED) is 0.347. The number of methoxy groups -OCH3 is 1. The van der Waals surface area contributed by atoms with Crippen molar-refractivity contribution in [3.8, 4) is 5.75 Å². The second kappa shape index (κ2) is 12.7. The zero-order valence-corrected chi connectivity index (χ0v) is 25.1. The van der Waals surface area contributed by atoms with Gasteiger partial charge in [0.15, 0.2) is 0 Å². The maximum Gasteiger partial charge on any atom is 0.264 e. The van der Waals surface area contributed by atoms with Crippen LogP contribution in [-0.4, -0.2) is 50.4 Å². The fourth-order valence-corrected chi connectivity index (χ4v) is 5.75. The number of amides is 2. The average molecular weight is 617 g/mol. The van der Waals surface area contributed by atoms with E-state index < -0.39 is 34.1 Å². The monoisotopic (exact) mass is 615 g/mol. The SMILES string of the molecule is COc1ccc(S(=O)(=O)N(CC(=O)N(Cc2cccc(Br)c2)[C@H](C)C(=O)NC(C)(C)C)c2ccccc2)cc1. The Labute approximate surface area is 239 Å². The lowest BCUT2D eigenvalue weighted by atomic mass is 10.1. The minimum Gasteiger partial charge on any atom is -0.497 e. The molecule has 0 bridgehead atoms. The standard InChI is InChI=1S/C29H34BrN3O5S/c1-21(28(35)31-29(2,3)4)32(19-22-10-9-11-23(30)18-22)27(34)20-33(24-12-7-6-8-13-24)39(36,37)26-16-14-25(38-5)15-17-26/h6-18,21H,19-20H2,1-5H3,(H,31,35)/t21-/m1/s1. The van der Waals surface area contributed by atoms with Crippen molar-refractivity contribution in [3.05, 3.63) is 88.9 Å². The number of sulfonamides is 1. The van der Waals surface area contributed by atoms with Crippen LogP contribution in [0.5, 0.6) is 5.75 Å². The molecule has 0 aromatic heterocycles. The average Bonchev–Trinajstić information content (AvgIpc) is 2.89. The summed E-state index contributed by atoms with van der Waals surface area (Å²) < 4.78 is 34.7. The molecule has 0 aliphatic heterocycles. The molecule has 0 unspecified atom stereocenters. The number of ether oxygens (including phenoxy) is 1. The smallest absolute Gasteiger partial charge is 0.264 e. The molecular formula is C29H34BrN3O5S. The van der Waals surface area contributed by atoms with E-state index in [0.29, 0.717) is 11.4 Å². The third-order valence-corrected chi connectivity index (χ3v) is 8.16. The number of halogens is 1. The lowest BCUT2D eigenvalue weighted by molar-refractivity contribution is -0.140. The van der Waals surface area contributed by atoms with Crippen molar-refractivity contribution in [2.45, 2.75) is 50.7 Å². The molecule has 3 aromatic carbocycles. The molecule has 3 rings (SSSR count). The lowest BCUT2D eigenvalue weighted by Gasteiger charge is -2.33. The summed E-state index contributed by atoms with van der Waals surface area (Å²) in [6.07, 6.45) is 0. The molecule has 0 spiro atoms. The highest BCUT2D eigenvalue weighted by Gasteiger charge is 2.33. The van der Waals surface area contributed by atoms with Gasteiger partial charge in [0.2, 0.25) is 11.8 Å². The van der Waals surface area contributed by atoms with Crippen LogP contribution in [0.4, 0.5) is 5.69 Å². The highest BCUT2D eigenvalue weighted by atomic mass is 79.9. The topological polar surface area (TPSA) is 96.0 Å². The number of nitrogens with zero attached hydrogens (tertiary/aromatic N) is 2. The second-order valence-corrected chi connectivity index (χ2v) is 12.9. The molecule has 0 heterocycles. The molecule has 0 radical (unpaired) electrons. The first-order valence-corrected chi connectivity index (χ1v) is 14.6. The molecule has 10 heteroatoms. The Balaban J connectivity index is 2.01. The maximum absolute atomic E-state index is 13.9. The molecule has 2 amide bonds. The summed E-state index contributed by atoms with van der Waals surface area (Å²) in [5, 5.41) is 2.92. The summed E-state index contributed by atoms with van der Waals surface area (Å²) in [5.41, 5.74) is 0.608. The van der Waals surface area contributed by atoms with Crippen LogP contribution in [0.15, 0.2) is 88.2 Å². The molecule has 0 aliphatic rings. The van der Waals surface area contributed by atoms with E-state index in [1.165, 1.54) is 24.1 Å². The van der Waals surface area contributed by atoms with Gasteiger partial charge >= 0.3 is 0 Å². The Kier molecular flexibility index (Phi) is 9.79. The van der Waals surface area contributed by atoms with E-state index in [0.717, 1.165) is 14.3 Å². The van der Waals surface area contributed by atoms with Gasteiger partial charge in [0.1, 0.15) is 18.3 Å². The van der Waals surface area contributed by atoms with Gasteiger partial charge in [-0.25, -0.2) is 8.42 Å². The zero-order chi connectivity index (χ0) is 28.8. The first-order valence-electron chi connectivity index (χ1n) is 12.4. The predicted octanol–water partition coefficient (Wildman–Crippen LogP) is 4.99. The number of para-hydroxylation sites is 1. The van der Waals surface area contributed by atoms with E-state index in [1.807, 2.05) is 45.0 Å². The van der Waals surface area contributed by atoms with Crippen molar-refractivity contribution in [2.24, 2.45) is 0 Å². The predicted molar refractivity (Wildman–Crippen MR) is 156 cm³/mol. The lowest BCUT2D eigenvalue weighted by Crippen LogP contribution is -2.54. The Morgan fingerprint density at radius 3 is 2.18 bits per heavy atom. The van der Waals surface area contributed by atoms with E-state index in [2.05, 4.69) is 21.2 Å². The maximum atomic E-state index is 13.9. The van der Waals surface area contributed by atoms with Gasteiger partial charge in [-0.15, -0.1) is 0 Å². The summed E-state index contributed by atoms with van der Waals surface area (Å²) >= 11 is 3.45. The molecule has 208 valence electrons. The van der Waals surface area contributed by atoms with E-state index in [4.69, 9.17) is 4.74 Å². The molecule has 3 aromatic rings. The number of benzene rings is 3. The molecule has 39 heavy (non-hydrogen) atoms. The number of hydrogen-bond donors (Lipinski definition) is 1. The van der Waals surface area contributed by atoms with Crippen molar-refractivity contribution >= 4 is 43.5 Å². The summed E-state index contributed by atoms with van der Waals surface area (Å²) in [6.45, 7) is 6.83. The zero-order valence-electron chi connectivity index (χ0n) is 22.7. The summed E-state index contributed by atoms with van der Waals surface area (Å²) in [4.78, 5) is 28.5. The van der Waals surface area contributed by atoms with Crippen molar-refractivity contribution in [3.63, 3.8) is 0 Å². The van der Waals surface area contributed by atoms with Gasteiger partial charge in [-0.2, -0.15) is 0 Å². The fraction of sp³-hybridized carbons (Fsp3) is 0.310. The Morgan fingerprint density at radius 2 is 1.62 bits per heavy atom. The second-order valence-electron chi connectivity index (χ2n) is 10.1. The fourth-order valence-electron chi connectivity index (χ4n) is 3.89. The van der Waals surface area contributed by atoms with E-state index >= 15 is 0 Å². The minimum atomic E-state index is -4.14. The third-order valence-electron chi connectivity index (χ3n) is 5.88. The summed E-state index contributed by atoms with van der Waals surface area (Å²) in [6, 6.07) is 21.0. The van der Waals surface area contributed by atoms with Crippen LogP contribution in [0, 0.1) is 0 Å². The van der Waals surface area contributed by atoms with Gasteiger partial charge in [-0.1, -0.05) is 46.3 Å². The first kappa shape index (κ1) is 30.2. The molecule has 0 saturated carbocycles. The minimum absolute atomic E-state index is 0.0111. The van der Waals surface area contributed by atoms with E-state index in [9.17, 15) is 18.0 Å². The number of hydrogen-bond acceptors (Lipinski definition) is 5. The van der Waals surface area contributed by atoms with Gasteiger partial charge in [0, 0.05) is 16.6 Å². The van der Waals surface area contributed by atoms with Crippen LogP contribution in [0.2, 0.25) is 0 Å². The Bertz CT molecular complexity index is 1390. The van der Waals surface area contributed by atoms with Crippen LogP contribution < -0.4 is 14.4 Å². The number of anilines is 1. The largest absolute Gasteiger partial charge is 0.497 e. The van der Waals surface area contributed by atoms with Crippen molar-refractivity contribution < 1.29 is 22.7 Å². The van der Waals surface area contributed by atoms with Gasteiger partial charge in [-0.05, 0) is 81.8 Å². The first-order chi connectivity index (χ1) is 18.3. The van der Waals surface area contributed by atoms with Crippen LogP contribution >= 0.6 is 15.9 Å². The molecule has 0 fully saturated rings. The summed E-state index contributed by atoms with van der Waals surface area (Å²) in [5.74, 6) is -0.349. The number of rotatable bonds is 10. The van der Waals surface area contributed by atoms with Gasteiger partial charge in [0.05, 0.1) is 17.7 Å². The summed E-state index contributed by atoms with van der Waals surface area (Å²) in [7, 11) is -2.64. The van der Waals surface area contributed by atoms with E-state index in [1.54, 1.807) is 49.4 Å². The van der Waals surface area contributed by atoms with Crippen LogP contribution in [-0.2, 0) is 26.2 Å². The Morgan fingerprint density at radius 1 is 0.974 bits per heavy atom. The van der Waals surface area contributed by atoms with Gasteiger partial charge in [-0.3, -0.25) is 13.9 Å². The normalized spacial score (nSPS) is 12.4. The van der Waals surface area contributed by atoms with Crippen molar-refractivity contribution in [1.29, 1.82) is 0 Å². The van der Waals surface area contributed by atoms with E-state index in [-0.39, 0.29) is 17.3 Å². The Hall–Kier alpha value is -3.37. The number of carbonyl (C=O) groups excluding carboxylic acids is 2. The van der Waals surface area contributed by atoms with Crippen molar-refractivity contribution in [2.75, 3.05) is 18.0 Å². The number of carbonyl (C=O) groups is 2. The highest BCUT2D eigenvalue weighted by Crippen LogP contribution is 2.26. The third kappa shape index (κ3) is 8.06. The van der Waals surface area contributed by atoms with Crippen LogP contribution in [0.3, 0.4) is 0 Å². The highest BCUT2D eigenvalue weighted by molar-refractivity contribution is 9.10. The van der Waals surface area contributed by atoms with Gasteiger partial charge in [0.25, 0.3) is 10.0 Å². The van der Waals surface area contributed by atoms with Gasteiger partial charge < -0.3 is 15.0 Å².